The highest BCUT2D eigenvalue weighted by Gasteiger charge is 2.23. The minimum Gasteiger partial charge on any atom is -0.493 e. The molecule has 1 aromatic carbocycles. The quantitative estimate of drug-likeness (QED) is 0.753. The first-order valence-electron chi connectivity index (χ1n) is 5.65. The molecule has 3 nitrogen and oxygen atoms in total. The summed E-state index contributed by atoms with van der Waals surface area (Å²) in [5.74, 6) is 1.76. The van der Waals surface area contributed by atoms with Crippen molar-refractivity contribution >= 4 is 0 Å². The molecule has 0 radical (unpaired) electrons. The van der Waals surface area contributed by atoms with Crippen LogP contribution in [0.2, 0.25) is 0 Å². The third-order valence-electron chi connectivity index (χ3n) is 3.16. The first kappa shape index (κ1) is 12.0. The van der Waals surface area contributed by atoms with Gasteiger partial charge in [-0.1, -0.05) is 12.2 Å². The van der Waals surface area contributed by atoms with Crippen LogP contribution in [0.25, 0.3) is 0 Å². The van der Waals surface area contributed by atoms with Crippen molar-refractivity contribution in [1.29, 1.82) is 0 Å². The summed E-state index contributed by atoms with van der Waals surface area (Å²) in [6.45, 7) is 7.37. The van der Waals surface area contributed by atoms with E-state index in [4.69, 9.17) is 14.2 Å². The number of ether oxygens (including phenoxy) is 3. The topological polar surface area (TPSA) is 27.7 Å². The Morgan fingerprint density at radius 2 is 1.94 bits per heavy atom. The minimum absolute atomic E-state index is 0.249. The van der Waals surface area contributed by atoms with Crippen molar-refractivity contribution in [3.05, 3.63) is 35.4 Å². The Balaban J connectivity index is 2.50. The highest BCUT2D eigenvalue weighted by Crippen LogP contribution is 2.38. The molecule has 1 unspecified atom stereocenters. The molecule has 0 fully saturated rings. The standard InChI is InChI=1S/C14H18O3/c1-9(2)12-8-17-7-10-5-13(15-3)14(16-4)6-11(10)12/h5-6,12H,1,7-8H2,2-4H3. The second kappa shape index (κ2) is 4.80. The number of methoxy groups -OCH3 is 2. The van der Waals surface area contributed by atoms with Gasteiger partial charge < -0.3 is 14.2 Å². The summed E-state index contributed by atoms with van der Waals surface area (Å²) in [5, 5.41) is 0. The van der Waals surface area contributed by atoms with Crippen LogP contribution in [0.4, 0.5) is 0 Å². The van der Waals surface area contributed by atoms with E-state index in [0.717, 1.165) is 22.6 Å². The van der Waals surface area contributed by atoms with Crippen LogP contribution >= 0.6 is 0 Å². The van der Waals surface area contributed by atoms with Crippen LogP contribution in [-0.4, -0.2) is 20.8 Å². The van der Waals surface area contributed by atoms with Crippen LogP contribution in [0.3, 0.4) is 0 Å². The van der Waals surface area contributed by atoms with Gasteiger partial charge in [0.05, 0.1) is 27.4 Å². The fourth-order valence-corrected chi connectivity index (χ4v) is 2.17. The maximum atomic E-state index is 5.59. The lowest BCUT2D eigenvalue weighted by atomic mass is 9.88. The lowest BCUT2D eigenvalue weighted by Crippen LogP contribution is -2.17. The SMILES string of the molecule is C=C(C)C1COCc2cc(OC)c(OC)cc21. The van der Waals surface area contributed by atoms with Gasteiger partial charge in [-0.3, -0.25) is 0 Å². The van der Waals surface area contributed by atoms with Crippen LogP contribution in [0.15, 0.2) is 24.3 Å². The molecule has 17 heavy (non-hydrogen) atoms. The normalized spacial score (nSPS) is 18.4. The summed E-state index contributed by atoms with van der Waals surface area (Å²) < 4.78 is 16.2. The van der Waals surface area contributed by atoms with Crippen molar-refractivity contribution in [1.82, 2.24) is 0 Å². The summed E-state index contributed by atoms with van der Waals surface area (Å²) in [4.78, 5) is 0. The van der Waals surface area contributed by atoms with Crippen molar-refractivity contribution < 1.29 is 14.2 Å². The van der Waals surface area contributed by atoms with E-state index in [9.17, 15) is 0 Å². The smallest absolute Gasteiger partial charge is 0.161 e. The van der Waals surface area contributed by atoms with E-state index in [-0.39, 0.29) is 5.92 Å². The summed E-state index contributed by atoms with van der Waals surface area (Å²) in [7, 11) is 3.30. The molecule has 0 N–H and O–H groups in total. The predicted octanol–water partition coefficient (Wildman–Crippen LogP) is 2.89. The molecule has 3 heteroatoms. The number of benzene rings is 1. The number of hydrogen-bond donors (Lipinski definition) is 0. The third kappa shape index (κ3) is 2.15. The molecule has 0 spiro atoms. The van der Waals surface area contributed by atoms with E-state index < -0.39 is 0 Å². The van der Waals surface area contributed by atoms with Gasteiger partial charge in [0.1, 0.15) is 0 Å². The van der Waals surface area contributed by atoms with Crippen LogP contribution < -0.4 is 9.47 Å². The molecule has 1 aliphatic heterocycles. The molecule has 0 bridgehead atoms. The van der Waals surface area contributed by atoms with Crippen LogP contribution in [-0.2, 0) is 11.3 Å². The Kier molecular flexibility index (Phi) is 3.38. The van der Waals surface area contributed by atoms with E-state index in [1.54, 1.807) is 14.2 Å². The minimum atomic E-state index is 0.249. The van der Waals surface area contributed by atoms with Crippen molar-refractivity contribution in [3.8, 4) is 11.5 Å². The zero-order valence-electron chi connectivity index (χ0n) is 10.6. The zero-order valence-corrected chi connectivity index (χ0v) is 10.6. The fourth-order valence-electron chi connectivity index (χ4n) is 2.17. The van der Waals surface area contributed by atoms with Gasteiger partial charge in [0.25, 0.3) is 0 Å². The van der Waals surface area contributed by atoms with E-state index in [0.29, 0.717) is 13.2 Å². The lowest BCUT2D eigenvalue weighted by molar-refractivity contribution is 0.0982. The summed E-state index contributed by atoms with van der Waals surface area (Å²) in [6, 6.07) is 4.03. The summed E-state index contributed by atoms with van der Waals surface area (Å²) in [5.41, 5.74) is 3.50. The van der Waals surface area contributed by atoms with Crippen molar-refractivity contribution in [3.63, 3.8) is 0 Å². The average Bonchev–Trinajstić information content (AvgIpc) is 2.35. The van der Waals surface area contributed by atoms with E-state index in [1.165, 1.54) is 5.56 Å². The number of rotatable bonds is 3. The van der Waals surface area contributed by atoms with Gasteiger partial charge in [0, 0.05) is 5.92 Å². The van der Waals surface area contributed by atoms with Crippen LogP contribution in [0.1, 0.15) is 24.0 Å². The molecule has 0 saturated heterocycles. The fraction of sp³-hybridized carbons (Fsp3) is 0.429. The molecule has 0 saturated carbocycles. The van der Waals surface area contributed by atoms with Gasteiger partial charge in [-0.2, -0.15) is 0 Å². The molecule has 1 heterocycles. The Morgan fingerprint density at radius 1 is 1.29 bits per heavy atom. The molecule has 0 aromatic heterocycles. The third-order valence-corrected chi connectivity index (χ3v) is 3.16. The molecule has 2 rings (SSSR count). The van der Waals surface area contributed by atoms with Crippen molar-refractivity contribution in [2.24, 2.45) is 0 Å². The Bertz CT molecular complexity index is 437. The van der Waals surface area contributed by atoms with Gasteiger partial charge >= 0.3 is 0 Å². The summed E-state index contributed by atoms with van der Waals surface area (Å²) in [6.07, 6.45) is 0. The van der Waals surface area contributed by atoms with Crippen LogP contribution in [0.5, 0.6) is 11.5 Å². The maximum Gasteiger partial charge on any atom is 0.161 e. The Labute approximate surface area is 102 Å². The van der Waals surface area contributed by atoms with E-state index >= 15 is 0 Å². The Hall–Kier alpha value is -1.48. The van der Waals surface area contributed by atoms with Gasteiger partial charge in [0.2, 0.25) is 0 Å². The van der Waals surface area contributed by atoms with E-state index in [2.05, 4.69) is 6.58 Å². The maximum absolute atomic E-state index is 5.59. The van der Waals surface area contributed by atoms with Crippen molar-refractivity contribution in [2.75, 3.05) is 20.8 Å². The molecule has 1 atom stereocenters. The molecule has 92 valence electrons. The molecular formula is C14H18O3. The van der Waals surface area contributed by atoms with Crippen LogP contribution in [0, 0.1) is 0 Å². The second-order valence-corrected chi connectivity index (χ2v) is 4.32. The Morgan fingerprint density at radius 3 is 2.53 bits per heavy atom. The van der Waals surface area contributed by atoms with Crippen molar-refractivity contribution in [2.45, 2.75) is 19.4 Å². The monoisotopic (exact) mass is 234 g/mol. The second-order valence-electron chi connectivity index (χ2n) is 4.32. The first-order chi connectivity index (χ1) is 8.17. The highest BCUT2D eigenvalue weighted by molar-refractivity contribution is 5.50. The highest BCUT2D eigenvalue weighted by atomic mass is 16.5. The van der Waals surface area contributed by atoms with Gasteiger partial charge in [-0.25, -0.2) is 0 Å². The zero-order chi connectivity index (χ0) is 12.4. The number of hydrogen-bond acceptors (Lipinski definition) is 3. The predicted molar refractivity (Wildman–Crippen MR) is 66.8 cm³/mol. The average molecular weight is 234 g/mol. The summed E-state index contributed by atoms with van der Waals surface area (Å²) >= 11 is 0. The molecule has 1 aliphatic rings. The van der Waals surface area contributed by atoms with Gasteiger partial charge in [0.15, 0.2) is 11.5 Å². The van der Waals surface area contributed by atoms with Gasteiger partial charge in [-0.15, -0.1) is 0 Å². The van der Waals surface area contributed by atoms with Gasteiger partial charge in [-0.05, 0) is 30.2 Å². The van der Waals surface area contributed by atoms with E-state index in [1.807, 2.05) is 19.1 Å². The molecule has 0 aliphatic carbocycles. The molecule has 0 amide bonds. The largest absolute Gasteiger partial charge is 0.493 e. The lowest BCUT2D eigenvalue weighted by Gasteiger charge is -2.27. The molecule has 1 aromatic rings. The first-order valence-corrected chi connectivity index (χ1v) is 5.65. The molecular weight excluding hydrogens is 216 g/mol. The number of fused-ring (bicyclic) bond motifs is 1.